The number of hydrogen-bond acceptors (Lipinski definition) is 9. The van der Waals surface area contributed by atoms with Gasteiger partial charge in [0.15, 0.2) is 11.5 Å². The van der Waals surface area contributed by atoms with Crippen LogP contribution >= 0.6 is 23.7 Å². The minimum absolute atomic E-state index is 0.308. The van der Waals surface area contributed by atoms with E-state index in [-0.39, 0.29) is 18.3 Å². The molecule has 0 aromatic heterocycles. The Kier molecular flexibility index (Phi) is 12.9. The Morgan fingerprint density at radius 2 is 0.825 bits per heavy atom. The van der Waals surface area contributed by atoms with Crippen molar-refractivity contribution in [1.82, 2.24) is 9.72 Å². The van der Waals surface area contributed by atoms with Gasteiger partial charge in [0, 0.05) is 4.52 Å². The van der Waals surface area contributed by atoms with Gasteiger partial charge in [-0.2, -0.15) is 9.05 Å². The van der Waals surface area contributed by atoms with Gasteiger partial charge in [0.25, 0.3) is 0 Å². The third kappa shape index (κ3) is 10.6. The largest absolute Gasteiger partial charge is 0.571 e. The van der Waals surface area contributed by atoms with Gasteiger partial charge < -0.3 is 4.52 Å². The standard InChI is InChI=1S/C45H50N3O6P3/c1-34(2)49-55(52-43-28-22-40(23-29-43)37-16-10-7-11-17-37)46-56(50-35(3)4,53-44-30-24-41(25-31-44)38-18-12-8-13-19-38)48-57(47-55,51-36(5)6)54-45-32-26-42(27-33-45)39-20-14-9-15-21-39/h7-36,46-47H,1-6H3/q+2. The summed E-state index contributed by atoms with van der Waals surface area (Å²) in [6.45, 7) is 11.7. The number of hydrogen-bond donors (Lipinski definition) is 2. The van der Waals surface area contributed by atoms with Crippen molar-refractivity contribution < 1.29 is 27.1 Å². The van der Waals surface area contributed by atoms with Crippen LogP contribution in [-0.2, 0) is 13.6 Å². The van der Waals surface area contributed by atoms with Gasteiger partial charge in [-0.15, -0.1) is 0 Å². The average Bonchev–Trinajstić information content (AvgIpc) is 3.18. The quantitative estimate of drug-likeness (QED) is 0.0990. The van der Waals surface area contributed by atoms with Crippen molar-refractivity contribution in [3.8, 4) is 50.6 Å². The second-order valence-corrected chi connectivity index (χ2v) is 21.0. The van der Waals surface area contributed by atoms with E-state index in [1.54, 1.807) is 0 Å². The van der Waals surface area contributed by atoms with Crippen LogP contribution in [-0.4, -0.2) is 18.3 Å². The molecule has 1 aliphatic rings. The van der Waals surface area contributed by atoms with Crippen molar-refractivity contribution in [3.63, 3.8) is 0 Å². The van der Waals surface area contributed by atoms with Gasteiger partial charge in [0.2, 0.25) is 0 Å². The molecule has 1 aliphatic heterocycles. The molecule has 294 valence electrons. The second kappa shape index (κ2) is 18.0. The van der Waals surface area contributed by atoms with Crippen LogP contribution in [0.4, 0.5) is 0 Å². The molecule has 2 N–H and O–H groups in total. The highest BCUT2D eigenvalue weighted by Crippen LogP contribution is 2.81. The predicted molar refractivity (Wildman–Crippen MR) is 236 cm³/mol. The summed E-state index contributed by atoms with van der Waals surface area (Å²) in [6, 6.07) is 54.3. The molecular formula is C45H50N3O6P3+2. The molecule has 0 aliphatic carbocycles. The van der Waals surface area contributed by atoms with Crippen molar-refractivity contribution in [2.75, 3.05) is 0 Å². The van der Waals surface area contributed by atoms with E-state index in [1.807, 2.05) is 169 Å². The molecular weight excluding hydrogens is 771 g/mol. The number of nitrogens with one attached hydrogen (secondary N) is 2. The monoisotopic (exact) mass is 821 g/mol. The van der Waals surface area contributed by atoms with Crippen molar-refractivity contribution in [3.05, 3.63) is 164 Å². The zero-order valence-corrected chi connectivity index (χ0v) is 35.7. The van der Waals surface area contributed by atoms with E-state index in [2.05, 4.69) is 46.1 Å². The molecule has 3 unspecified atom stereocenters. The number of benzene rings is 6. The van der Waals surface area contributed by atoms with Crippen molar-refractivity contribution in [1.29, 1.82) is 0 Å². The van der Waals surface area contributed by atoms with Gasteiger partial charge in [0.05, 0.1) is 11.0 Å². The van der Waals surface area contributed by atoms with Crippen molar-refractivity contribution >= 4 is 23.7 Å². The number of rotatable bonds is 15. The van der Waals surface area contributed by atoms with Crippen molar-refractivity contribution in [2.24, 2.45) is 4.52 Å². The van der Waals surface area contributed by atoms with Crippen LogP contribution in [0.2, 0.25) is 0 Å². The predicted octanol–water partition coefficient (Wildman–Crippen LogP) is 14.0. The summed E-state index contributed by atoms with van der Waals surface area (Å²) >= 11 is 0. The first-order valence-electron chi connectivity index (χ1n) is 19.1. The first-order valence-corrected chi connectivity index (χ1v) is 23.9. The second-order valence-electron chi connectivity index (χ2n) is 14.3. The third-order valence-corrected chi connectivity index (χ3v) is 17.9. The zero-order valence-electron chi connectivity index (χ0n) is 33.1. The maximum absolute atomic E-state index is 6.99. The maximum Gasteiger partial charge on any atom is 0.571 e. The lowest BCUT2D eigenvalue weighted by Crippen LogP contribution is -2.40. The molecule has 0 spiro atoms. The number of nitrogens with zero attached hydrogens (tertiary/aromatic N) is 1. The summed E-state index contributed by atoms with van der Waals surface area (Å²) in [5, 5.41) is 0. The fourth-order valence-electron chi connectivity index (χ4n) is 6.19. The highest BCUT2D eigenvalue weighted by molar-refractivity contribution is 7.88. The highest BCUT2D eigenvalue weighted by Gasteiger charge is 2.73. The van der Waals surface area contributed by atoms with Crippen LogP contribution in [0.1, 0.15) is 41.5 Å². The van der Waals surface area contributed by atoms with E-state index in [0.29, 0.717) is 17.2 Å². The Bertz CT molecular complexity index is 2250. The van der Waals surface area contributed by atoms with Gasteiger partial charge in [0.1, 0.15) is 18.0 Å². The van der Waals surface area contributed by atoms with E-state index in [9.17, 15) is 0 Å². The molecule has 9 nitrogen and oxygen atoms in total. The maximum atomic E-state index is 6.99. The molecule has 3 atom stereocenters. The molecule has 6 aromatic rings. The fourth-order valence-corrected chi connectivity index (χ4v) is 16.8. The molecule has 0 amide bonds. The first-order chi connectivity index (χ1) is 27.5. The van der Waals surface area contributed by atoms with E-state index in [1.165, 1.54) is 0 Å². The molecule has 0 radical (unpaired) electrons. The third-order valence-electron chi connectivity index (χ3n) is 8.39. The van der Waals surface area contributed by atoms with Gasteiger partial charge >= 0.3 is 23.7 Å². The lowest BCUT2D eigenvalue weighted by Gasteiger charge is -2.35. The SMILES string of the molecule is CC(C)OP1(Oc2ccc(-c3ccccc3)cc2)=N[P+](Oc2ccc(-c3ccccc3)cc2)(OC(C)C)N[P+](Oc2ccc(-c3ccccc3)cc2)(OC(C)C)N1. The molecule has 7 rings (SSSR count). The van der Waals surface area contributed by atoms with Gasteiger partial charge in [-0.1, -0.05) is 127 Å². The van der Waals surface area contributed by atoms with Crippen LogP contribution in [0.3, 0.4) is 0 Å². The molecule has 6 aromatic carbocycles. The van der Waals surface area contributed by atoms with Gasteiger partial charge in [-0.05, 0) is 116 Å². The summed E-state index contributed by atoms with van der Waals surface area (Å²) < 4.78 is 46.7. The van der Waals surface area contributed by atoms with Crippen LogP contribution in [0.25, 0.3) is 33.4 Å². The summed E-state index contributed by atoms with van der Waals surface area (Å²) in [5.74, 6) is 1.66. The van der Waals surface area contributed by atoms with Crippen LogP contribution in [0.5, 0.6) is 17.2 Å². The summed E-state index contributed by atoms with van der Waals surface area (Å²) in [4.78, 5) is 7.20. The molecule has 0 saturated carbocycles. The van der Waals surface area contributed by atoms with Crippen LogP contribution in [0, 0.1) is 0 Å². The normalized spacial score (nSPS) is 20.6. The van der Waals surface area contributed by atoms with Crippen LogP contribution in [0.15, 0.2) is 168 Å². The molecule has 0 saturated heterocycles. The van der Waals surface area contributed by atoms with Crippen molar-refractivity contribution in [2.45, 2.75) is 59.9 Å². The fraction of sp³-hybridized carbons (Fsp3) is 0.200. The van der Waals surface area contributed by atoms with Crippen LogP contribution < -0.4 is 23.3 Å². The minimum Gasteiger partial charge on any atom is -0.423 e. The average molecular weight is 822 g/mol. The molecule has 57 heavy (non-hydrogen) atoms. The lowest BCUT2D eigenvalue weighted by atomic mass is 10.1. The Morgan fingerprint density at radius 1 is 0.439 bits per heavy atom. The summed E-state index contributed by atoms with van der Waals surface area (Å²) in [6.07, 6.45) is -0.959. The van der Waals surface area contributed by atoms with Gasteiger partial charge in [-0.25, -0.2) is 0 Å². The van der Waals surface area contributed by atoms with E-state index in [4.69, 9.17) is 31.7 Å². The Hall–Kier alpha value is -4.39. The molecule has 0 fully saturated rings. The van der Waals surface area contributed by atoms with E-state index >= 15 is 0 Å². The molecule has 0 bridgehead atoms. The highest BCUT2D eigenvalue weighted by atomic mass is 31.3. The minimum atomic E-state index is -3.59. The summed E-state index contributed by atoms with van der Waals surface area (Å²) in [7, 11) is -10.7. The zero-order chi connectivity index (χ0) is 39.9. The summed E-state index contributed by atoms with van der Waals surface area (Å²) in [5.41, 5.74) is 6.45. The van der Waals surface area contributed by atoms with E-state index < -0.39 is 23.7 Å². The first kappa shape index (κ1) is 40.8. The van der Waals surface area contributed by atoms with Gasteiger partial charge in [-0.3, -0.25) is 13.6 Å². The Balaban J connectivity index is 1.34. The Morgan fingerprint density at radius 3 is 1.23 bits per heavy atom. The molecule has 12 heteroatoms. The lowest BCUT2D eigenvalue weighted by molar-refractivity contribution is 0.198. The molecule has 1 heterocycles. The Labute approximate surface area is 338 Å². The topological polar surface area (TPSA) is 91.8 Å². The smallest absolute Gasteiger partial charge is 0.423 e. The van der Waals surface area contributed by atoms with E-state index in [0.717, 1.165) is 33.4 Å².